The van der Waals surface area contributed by atoms with Crippen molar-refractivity contribution in [3.63, 3.8) is 0 Å². The van der Waals surface area contributed by atoms with Crippen molar-refractivity contribution in [2.75, 3.05) is 38.2 Å². The predicted octanol–water partition coefficient (Wildman–Crippen LogP) is 1.78. The normalized spacial score (nSPS) is 14.7. The lowest BCUT2D eigenvalue weighted by molar-refractivity contribution is -0.129. The van der Waals surface area contributed by atoms with Crippen molar-refractivity contribution in [3.05, 3.63) is 29.8 Å². The highest BCUT2D eigenvalue weighted by Gasteiger charge is 2.22. The molecule has 1 aliphatic heterocycles. The second-order valence-corrected chi connectivity index (χ2v) is 5.52. The van der Waals surface area contributed by atoms with Gasteiger partial charge in [-0.2, -0.15) is 5.26 Å². The fourth-order valence-corrected chi connectivity index (χ4v) is 2.83. The van der Waals surface area contributed by atoms with Crippen molar-refractivity contribution in [1.29, 1.82) is 5.26 Å². The number of anilines is 1. The van der Waals surface area contributed by atoms with Crippen LogP contribution in [0, 0.1) is 11.3 Å². The molecule has 0 atom stereocenters. The van der Waals surface area contributed by atoms with Crippen molar-refractivity contribution in [2.45, 2.75) is 6.92 Å². The summed E-state index contributed by atoms with van der Waals surface area (Å²) in [5.74, 6) is 1.52. The molecule has 1 amide bonds. The lowest BCUT2D eigenvalue weighted by atomic mass is 10.1. The Morgan fingerprint density at radius 3 is 2.61 bits per heavy atom. The Morgan fingerprint density at radius 1 is 1.26 bits per heavy atom. The number of ether oxygens (including phenoxy) is 1. The van der Waals surface area contributed by atoms with Crippen LogP contribution in [0.2, 0.25) is 0 Å². The van der Waals surface area contributed by atoms with Crippen LogP contribution in [-0.2, 0) is 4.79 Å². The zero-order chi connectivity index (χ0) is 16.4. The number of methoxy groups -OCH3 is 1. The number of fused-ring (bicyclic) bond motifs is 1. The molecule has 1 fully saturated rings. The van der Waals surface area contributed by atoms with Gasteiger partial charge in [-0.05, 0) is 24.3 Å². The molecule has 0 bridgehead atoms. The molecule has 0 unspecified atom stereocenters. The van der Waals surface area contributed by atoms with E-state index in [0.717, 1.165) is 16.7 Å². The number of piperazine rings is 1. The van der Waals surface area contributed by atoms with Crippen LogP contribution in [0.15, 0.2) is 24.3 Å². The minimum absolute atomic E-state index is 0.0868. The maximum Gasteiger partial charge on any atom is 0.219 e. The third kappa shape index (κ3) is 2.90. The van der Waals surface area contributed by atoms with Crippen molar-refractivity contribution < 1.29 is 9.53 Å². The molecule has 0 spiro atoms. The van der Waals surface area contributed by atoms with Gasteiger partial charge in [0.2, 0.25) is 5.91 Å². The fraction of sp³-hybridized carbons (Fsp3) is 0.353. The van der Waals surface area contributed by atoms with E-state index < -0.39 is 0 Å². The minimum Gasteiger partial charge on any atom is -0.497 e. The van der Waals surface area contributed by atoms with Gasteiger partial charge in [-0.1, -0.05) is 0 Å². The first kappa shape index (κ1) is 15.1. The molecule has 0 saturated carbocycles. The predicted molar refractivity (Wildman–Crippen MR) is 87.5 cm³/mol. The molecule has 6 nitrogen and oxygen atoms in total. The molecule has 1 aliphatic rings. The SMILES string of the molecule is COc1ccc2nc(N3CCN(C(C)=O)CC3)c(C#N)cc2c1. The fourth-order valence-electron chi connectivity index (χ4n) is 2.83. The summed E-state index contributed by atoms with van der Waals surface area (Å²) in [6.07, 6.45) is 0. The highest BCUT2D eigenvalue weighted by atomic mass is 16.5. The molecule has 0 N–H and O–H groups in total. The average molecular weight is 310 g/mol. The highest BCUT2D eigenvalue weighted by molar-refractivity contribution is 5.84. The third-order valence-electron chi connectivity index (χ3n) is 4.15. The number of carbonyl (C=O) groups excluding carboxylic acids is 1. The Labute approximate surface area is 134 Å². The number of hydrogen-bond acceptors (Lipinski definition) is 5. The van der Waals surface area contributed by atoms with Gasteiger partial charge >= 0.3 is 0 Å². The molecule has 6 heteroatoms. The number of nitrogens with zero attached hydrogens (tertiary/aromatic N) is 4. The quantitative estimate of drug-likeness (QED) is 0.846. The number of benzene rings is 1. The molecule has 23 heavy (non-hydrogen) atoms. The third-order valence-corrected chi connectivity index (χ3v) is 4.15. The summed E-state index contributed by atoms with van der Waals surface area (Å²) < 4.78 is 5.22. The first-order valence-corrected chi connectivity index (χ1v) is 7.51. The summed E-state index contributed by atoms with van der Waals surface area (Å²) in [4.78, 5) is 20.0. The van der Waals surface area contributed by atoms with Gasteiger partial charge in [0, 0.05) is 38.5 Å². The van der Waals surface area contributed by atoms with Gasteiger partial charge in [-0.25, -0.2) is 4.98 Å². The van der Waals surface area contributed by atoms with E-state index in [1.807, 2.05) is 29.2 Å². The van der Waals surface area contributed by atoms with E-state index in [1.165, 1.54) is 0 Å². The second-order valence-electron chi connectivity index (χ2n) is 5.52. The van der Waals surface area contributed by atoms with Gasteiger partial charge in [-0.15, -0.1) is 0 Å². The van der Waals surface area contributed by atoms with E-state index in [2.05, 4.69) is 16.0 Å². The van der Waals surface area contributed by atoms with Gasteiger partial charge < -0.3 is 14.5 Å². The van der Waals surface area contributed by atoms with E-state index in [9.17, 15) is 10.1 Å². The van der Waals surface area contributed by atoms with Gasteiger partial charge in [0.15, 0.2) is 0 Å². The van der Waals surface area contributed by atoms with Crippen LogP contribution in [-0.4, -0.2) is 49.1 Å². The second kappa shape index (κ2) is 6.13. The molecular weight excluding hydrogens is 292 g/mol. The zero-order valence-corrected chi connectivity index (χ0v) is 13.2. The summed E-state index contributed by atoms with van der Waals surface area (Å²) >= 11 is 0. The molecule has 3 rings (SSSR count). The first-order chi connectivity index (χ1) is 11.1. The average Bonchev–Trinajstić information content (AvgIpc) is 2.60. The number of aromatic nitrogens is 1. The standard InChI is InChI=1S/C17H18N4O2/c1-12(22)20-5-7-21(8-6-20)17-14(11-18)9-13-10-15(23-2)3-4-16(13)19-17/h3-4,9-10H,5-8H2,1-2H3. The van der Waals surface area contributed by atoms with Crippen LogP contribution in [0.1, 0.15) is 12.5 Å². The van der Waals surface area contributed by atoms with Crippen LogP contribution < -0.4 is 9.64 Å². The van der Waals surface area contributed by atoms with Crippen LogP contribution >= 0.6 is 0 Å². The molecule has 0 radical (unpaired) electrons. The van der Waals surface area contributed by atoms with Crippen molar-refractivity contribution in [1.82, 2.24) is 9.88 Å². The number of amides is 1. The number of pyridine rings is 1. The number of rotatable bonds is 2. The highest BCUT2D eigenvalue weighted by Crippen LogP contribution is 2.26. The summed E-state index contributed by atoms with van der Waals surface area (Å²) in [6, 6.07) is 9.70. The Morgan fingerprint density at radius 2 is 2.00 bits per heavy atom. The maximum atomic E-state index is 11.4. The van der Waals surface area contributed by atoms with Gasteiger partial charge in [0.1, 0.15) is 17.6 Å². The maximum absolute atomic E-state index is 11.4. The smallest absolute Gasteiger partial charge is 0.219 e. The first-order valence-electron chi connectivity index (χ1n) is 7.51. The molecule has 2 aromatic rings. The molecule has 2 heterocycles. The van der Waals surface area contributed by atoms with E-state index in [4.69, 9.17) is 4.74 Å². The van der Waals surface area contributed by atoms with Crippen molar-refractivity contribution in [3.8, 4) is 11.8 Å². The Kier molecular flexibility index (Phi) is 4.02. The Hall–Kier alpha value is -2.81. The summed E-state index contributed by atoms with van der Waals surface area (Å²) in [5, 5.41) is 10.3. The largest absolute Gasteiger partial charge is 0.497 e. The van der Waals surface area contributed by atoms with Crippen LogP contribution in [0.5, 0.6) is 5.75 Å². The molecule has 0 aliphatic carbocycles. The molecule has 1 aromatic carbocycles. The number of hydrogen-bond donors (Lipinski definition) is 0. The molecule has 1 saturated heterocycles. The Balaban J connectivity index is 1.94. The van der Waals surface area contributed by atoms with E-state index >= 15 is 0 Å². The zero-order valence-electron chi connectivity index (χ0n) is 13.2. The molecule has 118 valence electrons. The van der Waals surface area contributed by atoms with Crippen LogP contribution in [0.25, 0.3) is 10.9 Å². The minimum atomic E-state index is 0.0868. The number of nitriles is 1. The van der Waals surface area contributed by atoms with Crippen LogP contribution in [0.4, 0.5) is 5.82 Å². The Bertz CT molecular complexity index is 789. The van der Waals surface area contributed by atoms with Gasteiger partial charge in [0.05, 0.1) is 18.2 Å². The lowest BCUT2D eigenvalue weighted by Gasteiger charge is -2.35. The summed E-state index contributed by atoms with van der Waals surface area (Å²) in [5.41, 5.74) is 1.37. The van der Waals surface area contributed by atoms with E-state index in [0.29, 0.717) is 37.6 Å². The monoisotopic (exact) mass is 310 g/mol. The van der Waals surface area contributed by atoms with Crippen LogP contribution in [0.3, 0.4) is 0 Å². The van der Waals surface area contributed by atoms with Gasteiger partial charge in [-0.3, -0.25) is 4.79 Å². The van der Waals surface area contributed by atoms with Crippen molar-refractivity contribution >= 4 is 22.6 Å². The summed E-state index contributed by atoms with van der Waals surface area (Å²) in [6.45, 7) is 4.26. The van der Waals surface area contributed by atoms with Crippen molar-refractivity contribution in [2.24, 2.45) is 0 Å². The lowest BCUT2D eigenvalue weighted by Crippen LogP contribution is -2.48. The summed E-state index contributed by atoms with van der Waals surface area (Å²) in [7, 11) is 1.61. The van der Waals surface area contributed by atoms with Gasteiger partial charge in [0.25, 0.3) is 0 Å². The topological polar surface area (TPSA) is 69.5 Å². The number of carbonyl (C=O) groups is 1. The van der Waals surface area contributed by atoms with E-state index in [-0.39, 0.29) is 5.91 Å². The molecular formula is C17H18N4O2. The van der Waals surface area contributed by atoms with E-state index in [1.54, 1.807) is 14.0 Å². The molecule has 1 aromatic heterocycles.